The number of thioether (sulfide) groups is 5. The number of carboxylic acids is 4. The van der Waals surface area contributed by atoms with Gasteiger partial charge in [0.2, 0.25) is 0 Å². The fraction of sp³-hybridized carbons (Fsp3) is 0.310. The van der Waals surface area contributed by atoms with Crippen molar-refractivity contribution in [2.45, 2.75) is 203 Å². The minimum atomic E-state index is -1.10. The molecule has 0 fully saturated rings. The Labute approximate surface area is 899 Å². The molecule has 10 heterocycles. The number of hydrogen-bond donors (Lipinski definition) is 12. The van der Waals surface area contributed by atoms with Gasteiger partial charge in [-0.1, -0.05) is 211 Å². The van der Waals surface area contributed by atoms with E-state index in [1.165, 1.54) is 70.8 Å². The highest BCUT2D eigenvalue weighted by Crippen LogP contribution is 2.45. The van der Waals surface area contributed by atoms with Crippen LogP contribution in [0.1, 0.15) is 242 Å². The Kier molecular flexibility index (Phi) is 34.5. The lowest BCUT2D eigenvalue weighted by molar-refractivity contribution is 0.0678. The topological polar surface area (TPSA) is 367 Å². The van der Waals surface area contributed by atoms with Crippen molar-refractivity contribution in [2.75, 3.05) is 65.2 Å². The second-order valence-corrected chi connectivity index (χ2v) is 47.1. The Morgan fingerprint density at radius 1 is 0.497 bits per heavy atom. The molecule has 21 rings (SSSR count). The van der Waals surface area contributed by atoms with Crippen molar-refractivity contribution in [3.63, 3.8) is 0 Å². The van der Waals surface area contributed by atoms with Crippen molar-refractivity contribution in [3.05, 3.63) is 299 Å². The van der Waals surface area contributed by atoms with Crippen LogP contribution in [0.3, 0.4) is 0 Å². The lowest BCUT2D eigenvalue weighted by Crippen LogP contribution is -2.38. The molecule has 2 aliphatic carbocycles. The first-order valence-electron chi connectivity index (χ1n) is 49.9. The van der Waals surface area contributed by atoms with Gasteiger partial charge in [0, 0.05) is 115 Å². The van der Waals surface area contributed by atoms with Crippen molar-refractivity contribution >= 4 is 168 Å². The number of hydrazone groups is 3. The highest BCUT2D eigenvalue weighted by molar-refractivity contribution is 8.01. The fourth-order valence-corrected chi connectivity index (χ4v) is 26.7. The van der Waals surface area contributed by atoms with Gasteiger partial charge in [-0.25, -0.2) is 43.5 Å². The van der Waals surface area contributed by atoms with Gasteiger partial charge in [-0.2, -0.15) is 15.3 Å². The zero-order valence-electron chi connectivity index (χ0n) is 83.8. The standard InChI is InChI=1S/C38H40FN5O4S2.C27H28N4O2S.C25H26N4O2S2.C23H22N4O2S3/c1-24(2)22-43(3)18-7-9-25-15-16-31(29(39)21-25)48-20-8-14-33-34(36(46)47)41-38(50-33)44-19-17-26-10-6-11-27(28(26)23-44)35(45)42-37-40-30-12-4-5-13-32(30)49-37;1-16(2)19-13-14-21(28-25(19)26(32)33)18-12-11-17-7-3-4-8-22(20(17)15-18)30-31-27-29-23-9-5-6-10-24(23)34-27;1-14(2)22-21(24(30)31)27-23(33-22)16-12-11-15-7-3-4-8-18(17(15)13-16)28-29-25-26-19-9-5-6-10-20(19)32-25;1-12(2)20-19(22(28)29)25-21(32-20)13-7-8-17-14(11-13)15(9-10-30-17)26-27-23-24-16-5-3-4-6-18(16)31-23/h4-6,10-13,15-16,21,24,37,40H,8,14,17-20,22-23H2,1-3H3,(H,42,45)(H,46,47);5-6,9-16,27,29,31H,3-4,7-8H2,1-2H3,(H,32,33);5-6,9-14,25-26,29H,3-4,7-8H2,1-2H3,(H,30,31);3-8,11-12,23-24,27H,9-10H2,1-2H3,(H,28,29)/b;30-22+;28-18+;26-15+. The molecule has 0 saturated heterocycles. The van der Waals surface area contributed by atoms with E-state index in [-0.39, 0.29) is 80.8 Å². The van der Waals surface area contributed by atoms with Crippen molar-refractivity contribution in [1.29, 1.82) is 0 Å². The maximum absolute atomic E-state index is 14.8. The van der Waals surface area contributed by atoms with Gasteiger partial charge in [0.05, 0.1) is 58.7 Å². The Hall–Kier alpha value is -13.2. The van der Waals surface area contributed by atoms with E-state index >= 15 is 0 Å². The monoisotopic (exact) mass is 2150 g/mol. The number of ether oxygens (including phenoxy) is 1. The number of benzene rings is 9. The average Bonchev–Trinajstić information content (AvgIpc) is 1.68. The third-order valence-corrected chi connectivity index (χ3v) is 35.2. The van der Waals surface area contributed by atoms with Gasteiger partial charge in [0.1, 0.15) is 10.0 Å². The first-order valence-corrected chi connectivity index (χ1v) is 56.9. The van der Waals surface area contributed by atoms with E-state index in [4.69, 9.17) is 20.0 Å². The molecule has 4 unspecified atom stereocenters. The number of hydrogen-bond acceptors (Lipinski definition) is 30. The lowest BCUT2D eigenvalue weighted by atomic mass is 9.94. The van der Waals surface area contributed by atoms with E-state index in [1.54, 1.807) is 59.2 Å². The number of amides is 1. The SMILES string of the molecule is CC(C)CN(C)CC#Cc1ccc(OCCCc2sc(N3CCc4cccc(C(=O)NC5Nc6ccccc6S5)c4C3)nc2C(=O)O)c(F)c1.CC(C)c1ccc(-c2ccc3c(c2)/C(=N/NC2Nc4ccccc4S2)CCCC3)nc1C(=O)O.CC(C)c1sc(-c2ccc3c(c2)/C(=N/NC2Nc4ccccc4S2)CCCC3)nc1C(=O)O.CC(C)c1sc(-c2ccc3c(c2)/C(=N/NC2Nc4ccccc4S2)CCS3)nc1C(=O)O. The molecule has 0 saturated carbocycles. The molecule has 36 heteroatoms. The Bertz CT molecular complexity index is 7260. The van der Waals surface area contributed by atoms with Gasteiger partial charge in [-0.05, 0) is 232 Å². The molecule has 0 radical (unpaired) electrons. The molecule has 9 aromatic carbocycles. The Morgan fingerprint density at radius 3 is 1.52 bits per heavy atom. The van der Waals surface area contributed by atoms with Crippen LogP contribution in [0.2, 0.25) is 0 Å². The molecular weight excluding hydrogens is 2030 g/mol. The fourth-order valence-electron chi connectivity index (χ4n) is 18.6. The zero-order chi connectivity index (χ0) is 104. The van der Waals surface area contributed by atoms with Gasteiger partial charge in [-0.15, -0.1) is 45.8 Å². The molecule has 0 bridgehead atoms. The number of anilines is 5. The number of nitrogens with zero attached hydrogens (tertiary/aromatic N) is 9. The molecule has 8 aliphatic rings. The number of aromatic nitrogens is 4. The number of aromatic carboxylic acids is 4. The number of thiazole rings is 3. The summed E-state index contributed by atoms with van der Waals surface area (Å²) in [5.74, 6) is 3.40. The van der Waals surface area contributed by atoms with E-state index in [0.29, 0.717) is 71.6 Å². The second kappa shape index (κ2) is 48.6. The smallest absolute Gasteiger partial charge is 0.355 e. The summed E-state index contributed by atoms with van der Waals surface area (Å²) >= 11 is 12.8. The van der Waals surface area contributed by atoms with Crippen LogP contribution in [0.5, 0.6) is 5.75 Å². The number of nitrogens with one attached hydrogen (secondary N) is 8. The molecule has 149 heavy (non-hydrogen) atoms. The molecule has 6 aliphatic heterocycles. The Morgan fingerprint density at radius 2 is 1.00 bits per heavy atom. The molecule has 0 spiro atoms. The zero-order valence-corrected chi connectivity index (χ0v) is 90.3. The van der Waals surface area contributed by atoms with Crippen LogP contribution in [0.15, 0.2) is 240 Å². The van der Waals surface area contributed by atoms with E-state index in [2.05, 4.69) is 172 Å². The predicted octanol–water partition coefficient (Wildman–Crippen LogP) is 24.9. The quantitative estimate of drug-likeness (QED) is 0.00984. The highest BCUT2D eigenvalue weighted by Gasteiger charge is 2.34. The number of aryl methyl sites for hydroxylation is 3. The minimum Gasteiger partial charge on any atom is -0.491 e. The van der Waals surface area contributed by atoms with Crippen LogP contribution in [0.25, 0.3) is 32.4 Å². The second-order valence-electron chi connectivity index (χ2n) is 38.2. The van der Waals surface area contributed by atoms with E-state index < -0.39 is 29.7 Å². The molecule has 768 valence electrons. The van der Waals surface area contributed by atoms with E-state index in [9.17, 15) is 48.8 Å². The Balaban J connectivity index is 0.000000132. The number of halogens is 1. The summed E-state index contributed by atoms with van der Waals surface area (Å²) in [7, 11) is 2.01. The molecular formula is C113H116FN17O10S8. The van der Waals surface area contributed by atoms with Crippen molar-refractivity contribution in [2.24, 2.45) is 21.2 Å². The van der Waals surface area contributed by atoms with Crippen LogP contribution in [-0.4, -0.2) is 153 Å². The number of carboxylic acid groups (broad SMARTS) is 4. The molecule has 1 amide bonds. The highest BCUT2D eigenvalue weighted by atomic mass is 32.2. The van der Waals surface area contributed by atoms with Gasteiger partial charge >= 0.3 is 23.9 Å². The first kappa shape index (κ1) is 106. The van der Waals surface area contributed by atoms with Gasteiger partial charge in [-0.3, -0.25) is 26.0 Å². The van der Waals surface area contributed by atoms with Crippen molar-refractivity contribution in [1.82, 2.24) is 46.4 Å². The van der Waals surface area contributed by atoms with Crippen molar-refractivity contribution < 1.29 is 53.5 Å². The molecule has 13 aromatic rings. The van der Waals surface area contributed by atoms with Crippen molar-refractivity contribution in [3.8, 4) is 50.0 Å². The summed E-state index contributed by atoms with van der Waals surface area (Å²) in [6.45, 7) is 19.1. The van der Waals surface area contributed by atoms with Crippen LogP contribution < -0.4 is 52.5 Å². The van der Waals surface area contributed by atoms with Gasteiger partial charge in [0.25, 0.3) is 5.91 Å². The molecule has 27 nitrogen and oxygen atoms in total. The largest absolute Gasteiger partial charge is 0.491 e. The third kappa shape index (κ3) is 25.9. The average molecular weight is 2150 g/mol. The van der Waals surface area contributed by atoms with Crippen LogP contribution >= 0.6 is 92.8 Å². The summed E-state index contributed by atoms with van der Waals surface area (Å²) in [5.41, 5.74) is 30.8. The summed E-state index contributed by atoms with van der Waals surface area (Å²) in [5, 5.41) is 72.1. The number of carbonyl (C=O) groups excluding carboxylic acids is 1. The number of rotatable bonds is 27. The van der Waals surface area contributed by atoms with Crippen LogP contribution in [-0.2, 0) is 32.2 Å². The summed E-state index contributed by atoms with van der Waals surface area (Å²) in [4.78, 5) is 91.1. The number of para-hydroxylation sites is 4. The summed E-state index contributed by atoms with van der Waals surface area (Å²) in [6, 6.07) is 65.9. The van der Waals surface area contributed by atoms with Gasteiger partial charge < -0.3 is 56.6 Å². The first-order chi connectivity index (χ1) is 72.1. The predicted molar refractivity (Wildman–Crippen MR) is 603 cm³/mol. The minimum absolute atomic E-state index is 0.00419. The van der Waals surface area contributed by atoms with Crippen LogP contribution in [0, 0.1) is 23.6 Å². The number of carbonyl (C=O) groups is 5. The van der Waals surface area contributed by atoms with Crippen LogP contribution in [0.4, 0.5) is 32.3 Å². The molecule has 12 N–H and O–H groups in total. The molecule has 4 aromatic heterocycles. The van der Waals surface area contributed by atoms with Gasteiger partial charge in [0.15, 0.2) is 61.5 Å². The number of fused-ring (bicyclic) bond motifs is 8. The summed E-state index contributed by atoms with van der Waals surface area (Å²) < 4.78 is 20.5. The normalized spacial score (nSPS) is 17.2. The van der Waals surface area contributed by atoms with E-state index in [0.717, 1.165) is 185 Å². The lowest BCUT2D eigenvalue weighted by Gasteiger charge is -2.30. The number of pyridine rings is 1. The third-order valence-electron chi connectivity index (χ3n) is 25.8. The maximum Gasteiger partial charge on any atom is 0.355 e. The molecule has 4 atom stereocenters. The van der Waals surface area contributed by atoms with E-state index in [1.807, 2.05) is 168 Å². The summed E-state index contributed by atoms with van der Waals surface area (Å²) in [6.07, 6.45) is 10.7. The maximum atomic E-state index is 14.8.